The van der Waals surface area contributed by atoms with Crippen LogP contribution in [0.25, 0.3) is 0 Å². The Morgan fingerprint density at radius 1 is 1.54 bits per heavy atom. The van der Waals surface area contributed by atoms with E-state index >= 15 is 0 Å². The minimum Gasteiger partial charge on any atom is -0.546 e. The van der Waals surface area contributed by atoms with Crippen LogP contribution in [0.15, 0.2) is 24.3 Å². The highest BCUT2D eigenvalue weighted by atomic mass is 16.5. The van der Waals surface area contributed by atoms with Crippen LogP contribution in [0.4, 0.5) is 0 Å². The second-order valence-corrected chi connectivity index (χ2v) is 2.90. The van der Waals surface area contributed by atoms with Gasteiger partial charge in [-0.25, -0.2) is 0 Å². The fourth-order valence-corrected chi connectivity index (χ4v) is 0.941. The molecule has 0 unspecified atom stereocenters. The summed E-state index contributed by atoms with van der Waals surface area (Å²) in [5.41, 5.74) is 1.03. The zero-order chi connectivity index (χ0) is 9.84. The maximum absolute atomic E-state index is 10.4. The Morgan fingerprint density at radius 2 is 2.23 bits per heavy atom. The number of aryl methyl sites for hydroxylation is 1. The fourth-order valence-electron chi connectivity index (χ4n) is 0.941. The van der Waals surface area contributed by atoms with Gasteiger partial charge in [0, 0.05) is 0 Å². The highest BCUT2D eigenvalue weighted by Gasteiger charge is 2.03. The average Bonchev–Trinajstić information content (AvgIpc) is 2.04. The van der Waals surface area contributed by atoms with Crippen molar-refractivity contribution in [2.75, 3.05) is 0 Å². The van der Waals surface area contributed by atoms with Gasteiger partial charge in [-0.3, -0.25) is 0 Å². The normalized spacial score (nSPS) is 12.2. The summed E-state index contributed by atoms with van der Waals surface area (Å²) in [6.45, 7) is 3.36. The molecule has 0 N–H and O–H groups in total. The first-order valence-corrected chi connectivity index (χ1v) is 4.04. The van der Waals surface area contributed by atoms with E-state index in [9.17, 15) is 9.90 Å². The van der Waals surface area contributed by atoms with Gasteiger partial charge in [-0.15, -0.1) is 0 Å². The number of carbonyl (C=O) groups is 1. The Hall–Kier alpha value is -1.51. The Morgan fingerprint density at radius 3 is 2.77 bits per heavy atom. The lowest BCUT2D eigenvalue weighted by Gasteiger charge is -2.15. The number of hydrogen-bond donors (Lipinski definition) is 0. The predicted octanol–water partition coefficient (Wildman–Crippen LogP) is 0.512. The molecule has 3 nitrogen and oxygen atoms in total. The molecule has 3 heteroatoms. The van der Waals surface area contributed by atoms with Crippen molar-refractivity contribution in [1.29, 1.82) is 0 Å². The summed E-state index contributed by atoms with van der Waals surface area (Å²) in [6.07, 6.45) is -0.915. The Balaban J connectivity index is 2.69. The summed E-state index contributed by atoms with van der Waals surface area (Å²) in [6, 6.07) is 7.22. The summed E-state index contributed by atoms with van der Waals surface area (Å²) in [4.78, 5) is 10.4. The van der Waals surface area contributed by atoms with Crippen molar-refractivity contribution >= 4 is 5.97 Å². The molecule has 0 fully saturated rings. The average molecular weight is 179 g/mol. The molecule has 0 aliphatic rings. The predicted molar refractivity (Wildman–Crippen MR) is 46.3 cm³/mol. The van der Waals surface area contributed by atoms with E-state index in [2.05, 4.69) is 0 Å². The lowest BCUT2D eigenvalue weighted by atomic mass is 10.2. The van der Waals surface area contributed by atoms with Crippen LogP contribution in [-0.4, -0.2) is 12.1 Å². The third kappa shape index (κ3) is 2.78. The van der Waals surface area contributed by atoms with E-state index < -0.39 is 12.1 Å². The number of hydrogen-bond acceptors (Lipinski definition) is 3. The van der Waals surface area contributed by atoms with E-state index in [1.165, 1.54) is 6.92 Å². The Labute approximate surface area is 77.0 Å². The minimum absolute atomic E-state index is 0.553. The Bertz CT molecular complexity index is 307. The van der Waals surface area contributed by atoms with Crippen molar-refractivity contribution in [3.63, 3.8) is 0 Å². The third-order valence-electron chi connectivity index (χ3n) is 1.63. The van der Waals surface area contributed by atoms with E-state index in [4.69, 9.17) is 4.74 Å². The van der Waals surface area contributed by atoms with Crippen molar-refractivity contribution < 1.29 is 14.6 Å². The van der Waals surface area contributed by atoms with Gasteiger partial charge in [0.15, 0.2) is 0 Å². The van der Waals surface area contributed by atoms with Crippen molar-refractivity contribution in [1.82, 2.24) is 0 Å². The SMILES string of the molecule is Cc1cccc(O[C@@H](C)C(=O)[O-])c1. The maximum Gasteiger partial charge on any atom is 0.135 e. The molecule has 70 valence electrons. The first kappa shape index (κ1) is 9.58. The monoisotopic (exact) mass is 179 g/mol. The minimum atomic E-state index is -1.21. The van der Waals surface area contributed by atoms with Crippen LogP contribution < -0.4 is 9.84 Å². The molecule has 1 rings (SSSR count). The molecule has 0 aliphatic heterocycles. The van der Waals surface area contributed by atoms with E-state index in [1.807, 2.05) is 19.1 Å². The molecule has 0 bridgehead atoms. The van der Waals surface area contributed by atoms with E-state index in [-0.39, 0.29) is 0 Å². The van der Waals surface area contributed by atoms with Gasteiger partial charge in [0.2, 0.25) is 0 Å². The summed E-state index contributed by atoms with van der Waals surface area (Å²) in [5.74, 6) is -0.654. The number of ether oxygens (including phenoxy) is 1. The zero-order valence-corrected chi connectivity index (χ0v) is 7.61. The molecule has 13 heavy (non-hydrogen) atoms. The number of rotatable bonds is 3. The third-order valence-corrected chi connectivity index (χ3v) is 1.63. The highest BCUT2D eigenvalue weighted by molar-refractivity contribution is 5.69. The number of carboxylic acids is 1. The van der Waals surface area contributed by atoms with Gasteiger partial charge in [0.25, 0.3) is 0 Å². The van der Waals surface area contributed by atoms with E-state index in [0.29, 0.717) is 5.75 Å². The largest absolute Gasteiger partial charge is 0.546 e. The van der Waals surface area contributed by atoms with Gasteiger partial charge in [-0.05, 0) is 31.5 Å². The molecule has 0 amide bonds. The van der Waals surface area contributed by atoms with Crippen molar-refractivity contribution in [3.8, 4) is 5.75 Å². The molecule has 0 saturated carbocycles. The van der Waals surface area contributed by atoms with Crippen molar-refractivity contribution in [2.24, 2.45) is 0 Å². The molecule has 1 atom stereocenters. The standard InChI is InChI=1S/C10H12O3/c1-7-4-3-5-9(6-7)13-8(2)10(11)12/h3-6,8H,1-2H3,(H,11,12)/p-1/t8-/m0/s1. The van der Waals surface area contributed by atoms with Crippen molar-refractivity contribution in [3.05, 3.63) is 29.8 Å². The summed E-state index contributed by atoms with van der Waals surface area (Å²) >= 11 is 0. The maximum atomic E-state index is 10.4. The summed E-state index contributed by atoms with van der Waals surface area (Å²) < 4.78 is 5.09. The van der Waals surface area contributed by atoms with Crippen LogP contribution in [0.2, 0.25) is 0 Å². The van der Waals surface area contributed by atoms with Crippen LogP contribution in [-0.2, 0) is 4.79 Å². The van der Waals surface area contributed by atoms with Gasteiger partial charge in [0.05, 0.1) is 5.97 Å². The van der Waals surface area contributed by atoms with E-state index in [0.717, 1.165) is 5.56 Å². The molecular weight excluding hydrogens is 168 g/mol. The van der Waals surface area contributed by atoms with Crippen LogP contribution in [0, 0.1) is 6.92 Å². The van der Waals surface area contributed by atoms with Crippen LogP contribution >= 0.6 is 0 Å². The smallest absolute Gasteiger partial charge is 0.135 e. The fraction of sp³-hybridized carbons (Fsp3) is 0.300. The van der Waals surface area contributed by atoms with Crippen molar-refractivity contribution in [2.45, 2.75) is 20.0 Å². The summed E-state index contributed by atoms with van der Waals surface area (Å²) in [7, 11) is 0. The zero-order valence-electron chi connectivity index (χ0n) is 7.61. The summed E-state index contributed by atoms with van der Waals surface area (Å²) in [5, 5.41) is 10.4. The lowest BCUT2D eigenvalue weighted by molar-refractivity contribution is -0.312. The molecule has 1 aromatic carbocycles. The molecule has 0 heterocycles. The quantitative estimate of drug-likeness (QED) is 0.679. The van der Waals surface area contributed by atoms with Crippen LogP contribution in [0.1, 0.15) is 12.5 Å². The van der Waals surface area contributed by atoms with Gasteiger partial charge < -0.3 is 14.6 Å². The Kier molecular flexibility index (Phi) is 2.90. The van der Waals surface area contributed by atoms with Gasteiger partial charge in [0.1, 0.15) is 11.9 Å². The molecule has 0 aliphatic carbocycles. The van der Waals surface area contributed by atoms with Crippen LogP contribution in [0.5, 0.6) is 5.75 Å². The molecule has 1 aromatic rings. The first-order valence-electron chi connectivity index (χ1n) is 4.04. The van der Waals surface area contributed by atoms with Gasteiger partial charge in [-0.1, -0.05) is 12.1 Å². The van der Waals surface area contributed by atoms with E-state index in [1.54, 1.807) is 12.1 Å². The lowest BCUT2D eigenvalue weighted by Crippen LogP contribution is -2.37. The molecule has 0 saturated heterocycles. The topological polar surface area (TPSA) is 49.4 Å². The second kappa shape index (κ2) is 3.94. The molecular formula is C10H11O3-. The van der Waals surface area contributed by atoms with Gasteiger partial charge in [-0.2, -0.15) is 0 Å². The molecule has 0 aromatic heterocycles. The number of benzene rings is 1. The number of aliphatic carboxylic acids is 1. The van der Waals surface area contributed by atoms with Crippen LogP contribution in [0.3, 0.4) is 0 Å². The van der Waals surface area contributed by atoms with Gasteiger partial charge >= 0.3 is 0 Å². The molecule has 0 spiro atoms. The number of carbonyl (C=O) groups excluding carboxylic acids is 1. The first-order chi connectivity index (χ1) is 6.09. The molecule has 0 radical (unpaired) electrons. The highest BCUT2D eigenvalue weighted by Crippen LogP contribution is 2.13. The number of carboxylic acid groups (broad SMARTS) is 1. The second-order valence-electron chi connectivity index (χ2n) is 2.90.